The van der Waals surface area contributed by atoms with Gasteiger partial charge in [-0.3, -0.25) is 10.1 Å². The van der Waals surface area contributed by atoms with E-state index >= 15 is 0 Å². The first-order valence-electron chi connectivity index (χ1n) is 6.57. The van der Waals surface area contributed by atoms with Gasteiger partial charge in [0.1, 0.15) is 5.75 Å². The summed E-state index contributed by atoms with van der Waals surface area (Å²) in [5.41, 5.74) is 2.43. The quantitative estimate of drug-likeness (QED) is 0.451. The number of rotatable bonds is 4. The van der Waals surface area contributed by atoms with E-state index in [2.05, 4.69) is 26.6 Å². The Morgan fingerprint density at radius 3 is 2.48 bits per heavy atom. The fourth-order valence-electron chi connectivity index (χ4n) is 1.89. The molecule has 2 N–H and O–H groups in total. The summed E-state index contributed by atoms with van der Waals surface area (Å²) >= 11 is 8.74. The number of nitrogens with zero attached hydrogens (tertiary/aromatic N) is 1. The number of thiocarbonyl (C=S) groups is 1. The van der Waals surface area contributed by atoms with Gasteiger partial charge in [0.25, 0.3) is 5.69 Å². The molecule has 0 aliphatic heterocycles. The molecule has 0 heterocycles. The molecule has 8 heteroatoms. The van der Waals surface area contributed by atoms with E-state index in [-0.39, 0.29) is 5.69 Å². The topological polar surface area (TPSA) is 76.4 Å². The number of nitro groups is 1. The highest BCUT2D eigenvalue weighted by Crippen LogP contribution is 2.29. The van der Waals surface area contributed by atoms with Gasteiger partial charge in [-0.05, 0) is 58.8 Å². The third-order valence-corrected chi connectivity index (χ3v) is 3.88. The average molecular weight is 396 g/mol. The number of halogens is 1. The minimum absolute atomic E-state index is 0.0486. The molecule has 0 amide bonds. The van der Waals surface area contributed by atoms with E-state index in [1.54, 1.807) is 6.07 Å². The molecule has 2 aromatic rings. The standard InChI is InChI=1S/C15H14BrN3O3S/c1-9-3-5-12(11(16)7-9)17-15(23)18-13-6-4-10(19(20)21)8-14(13)22-2/h3-8H,1-2H3,(H2,17,18,23). The van der Waals surface area contributed by atoms with Gasteiger partial charge < -0.3 is 15.4 Å². The van der Waals surface area contributed by atoms with Crippen LogP contribution in [-0.4, -0.2) is 17.1 Å². The highest BCUT2D eigenvalue weighted by Gasteiger charge is 2.12. The number of ether oxygens (including phenoxy) is 1. The molecule has 2 aromatic carbocycles. The van der Waals surface area contributed by atoms with Crippen LogP contribution in [0.3, 0.4) is 0 Å². The first kappa shape index (κ1) is 17.2. The molecule has 0 saturated heterocycles. The molecule has 0 unspecified atom stereocenters. The van der Waals surface area contributed by atoms with Crippen LogP contribution in [0.1, 0.15) is 5.56 Å². The Bertz CT molecular complexity index is 768. The molecule has 0 bridgehead atoms. The van der Waals surface area contributed by atoms with Crippen molar-refractivity contribution in [2.75, 3.05) is 17.7 Å². The minimum Gasteiger partial charge on any atom is -0.494 e. The number of aryl methyl sites for hydroxylation is 1. The largest absolute Gasteiger partial charge is 0.494 e. The lowest BCUT2D eigenvalue weighted by atomic mass is 10.2. The van der Waals surface area contributed by atoms with E-state index in [4.69, 9.17) is 17.0 Å². The maximum Gasteiger partial charge on any atom is 0.273 e. The van der Waals surface area contributed by atoms with Gasteiger partial charge in [-0.1, -0.05) is 6.07 Å². The summed E-state index contributed by atoms with van der Waals surface area (Å²) < 4.78 is 6.05. The van der Waals surface area contributed by atoms with E-state index in [1.807, 2.05) is 25.1 Å². The van der Waals surface area contributed by atoms with E-state index in [9.17, 15) is 10.1 Å². The minimum atomic E-state index is -0.480. The van der Waals surface area contributed by atoms with Crippen LogP contribution in [0.5, 0.6) is 5.75 Å². The van der Waals surface area contributed by atoms with Crippen LogP contribution < -0.4 is 15.4 Å². The molecular formula is C15H14BrN3O3S. The van der Waals surface area contributed by atoms with Gasteiger partial charge in [-0.15, -0.1) is 0 Å². The van der Waals surface area contributed by atoms with E-state index < -0.39 is 4.92 Å². The van der Waals surface area contributed by atoms with Crippen molar-refractivity contribution in [1.29, 1.82) is 0 Å². The summed E-state index contributed by atoms with van der Waals surface area (Å²) in [4.78, 5) is 10.3. The van der Waals surface area contributed by atoms with Crippen molar-refractivity contribution in [3.63, 3.8) is 0 Å². The molecule has 0 aliphatic rings. The van der Waals surface area contributed by atoms with E-state index in [1.165, 1.54) is 19.2 Å². The molecule has 0 aliphatic carbocycles. The van der Waals surface area contributed by atoms with Crippen LogP contribution in [-0.2, 0) is 0 Å². The lowest BCUT2D eigenvalue weighted by Crippen LogP contribution is -2.19. The Labute approximate surface area is 147 Å². The number of non-ortho nitro benzene ring substituents is 1. The Morgan fingerprint density at radius 1 is 1.22 bits per heavy atom. The van der Waals surface area contributed by atoms with Crippen molar-refractivity contribution >= 4 is 50.3 Å². The zero-order valence-corrected chi connectivity index (χ0v) is 14.8. The molecule has 23 heavy (non-hydrogen) atoms. The van der Waals surface area contributed by atoms with Gasteiger partial charge in [0.05, 0.1) is 29.5 Å². The zero-order chi connectivity index (χ0) is 17.0. The molecule has 0 fully saturated rings. The normalized spacial score (nSPS) is 10.0. The second kappa shape index (κ2) is 7.38. The second-order valence-corrected chi connectivity index (χ2v) is 5.97. The van der Waals surface area contributed by atoms with Crippen molar-refractivity contribution in [3.8, 4) is 5.75 Å². The Hall–Kier alpha value is -2.19. The zero-order valence-electron chi connectivity index (χ0n) is 12.4. The molecule has 6 nitrogen and oxygen atoms in total. The SMILES string of the molecule is COc1cc([N+](=O)[O-])ccc1NC(=S)Nc1ccc(C)cc1Br. The Kier molecular flexibility index (Phi) is 5.51. The predicted molar refractivity (Wildman–Crippen MR) is 98.4 cm³/mol. The van der Waals surface area contributed by atoms with Crippen LogP contribution in [0.15, 0.2) is 40.9 Å². The van der Waals surface area contributed by atoms with Crippen molar-refractivity contribution in [2.24, 2.45) is 0 Å². The van der Waals surface area contributed by atoms with Gasteiger partial charge in [-0.2, -0.15) is 0 Å². The number of hydrogen-bond donors (Lipinski definition) is 2. The average Bonchev–Trinajstić information content (AvgIpc) is 2.50. The second-order valence-electron chi connectivity index (χ2n) is 4.70. The summed E-state index contributed by atoms with van der Waals surface area (Å²) in [5, 5.41) is 17.2. The van der Waals surface area contributed by atoms with E-state index in [0.29, 0.717) is 16.5 Å². The fourth-order valence-corrected chi connectivity index (χ4v) is 2.71. The molecule has 0 saturated carbocycles. The number of methoxy groups -OCH3 is 1. The number of nitrogens with one attached hydrogen (secondary N) is 2. The van der Waals surface area contributed by atoms with Gasteiger partial charge in [0.2, 0.25) is 0 Å². The maximum atomic E-state index is 10.8. The number of benzene rings is 2. The molecule has 0 aromatic heterocycles. The number of anilines is 2. The first-order chi connectivity index (χ1) is 10.9. The number of nitro benzene ring substituents is 1. The van der Waals surface area contributed by atoms with Crippen molar-refractivity contribution in [2.45, 2.75) is 6.92 Å². The monoisotopic (exact) mass is 395 g/mol. The van der Waals surface area contributed by atoms with E-state index in [0.717, 1.165) is 15.7 Å². The molecule has 2 rings (SSSR count). The molecular weight excluding hydrogens is 382 g/mol. The van der Waals surface area contributed by atoms with Gasteiger partial charge >= 0.3 is 0 Å². The van der Waals surface area contributed by atoms with Crippen molar-refractivity contribution in [1.82, 2.24) is 0 Å². The third kappa shape index (κ3) is 4.40. The third-order valence-electron chi connectivity index (χ3n) is 3.02. The summed E-state index contributed by atoms with van der Waals surface area (Å²) in [6, 6.07) is 10.1. The molecule has 0 radical (unpaired) electrons. The van der Waals surface area contributed by atoms with Gasteiger partial charge in [-0.25, -0.2) is 0 Å². The van der Waals surface area contributed by atoms with Gasteiger partial charge in [0.15, 0.2) is 5.11 Å². The van der Waals surface area contributed by atoms with Crippen LogP contribution >= 0.6 is 28.1 Å². The number of hydrogen-bond acceptors (Lipinski definition) is 4. The Morgan fingerprint density at radius 2 is 1.87 bits per heavy atom. The van der Waals surface area contributed by atoms with Gasteiger partial charge in [0, 0.05) is 10.5 Å². The first-order valence-corrected chi connectivity index (χ1v) is 7.77. The molecule has 120 valence electrons. The van der Waals surface area contributed by atoms with Crippen LogP contribution in [0, 0.1) is 17.0 Å². The highest BCUT2D eigenvalue weighted by atomic mass is 79.9. The van der Waals surface area contributed by atoms with Crippen LogP contribution in [0.4, 0.5) is 17.1 Å². The van der Waals surface area contributed by atoms with Crippen molar-refractivity contribution in [3.05, 3.63) is 56.5 Å². The highest BCUT2D eigenvalue weighted by molar-refractivity contribution is 9.10. The fraction of sp³-hybridized carbons (Fsp3) is 0.133. The Balaban J connectivity index is 2.15. The lowest BCUT2D eigenvalue weighted by molar-refractivity contribution is -0.384. The summed E-state index contributed by atoms with van der Waals surface area (Å²) in [6.07, 6.45) is 0. The van der Waals surface area contributed by atoms with Crippen LogP contribution in [0.2, 0.25) is 0 Å². The smallest absolute Gasteiger partial charge is 0.273 e. The molecule has 0 atom stereocenters. The predicted octanol–water partition coefficient (Wildman–Crippen LogP) is 4.48. The summed E-state index contributed by atoms with van der Waals surface area (Å²) in [7, 11) is 1.44. The van der Waals surface area contributed by atoms with Crippen molar-refractivity contribution < 1.29 is 9.66 Å². The summed E-state index contributed by atoms with van der Waals surface area (Å²) in [5.74, 6) is 0.339. The summed E-state index contributed by atoms with van der Waals surface area (Å²) in [6.45, 7) is 1.99. The molecule has 0 spiro atoms. The maximum absolute atomic E-state index is 10.8. The van der Waals surface area contributed by atoms with Crippen LogP contribution in [0.25, 0.3) is 0 Å². The lowest BCUT2D eigenvalue weighted by Gasteiger charge is -2.14.